The molecule has 5 rings (SSSR count). The van der Waals surface area contributed by atoms with Gasteiger partial charge < -0.3 is 14.6 Å². The van der Waals surface area contributed by atoms with Gasteiger partial charge in [0.15, 0.2) is 0 Å². The molecule has 0 saturated heterocycles. The molecule has 0 bridgehead atoms. The number of phenolic OH excluding ortho intramolecular Hbond substituents is 1. The normalized spacial score (nSPS) is 13.9. The summed E-state index contributed by atoms with van der Waals surface area (Å²) in [6, 6.07) is 45.3. The number of hydrogen-bond acceptors (Lipinski definition) is 4. The third kappa shape index (κ3) is 5.62. The summed E-state index contributed by atoms with van der Waals surface area (Å²) < 4.78 is 12.1. The molecule has 0 fully saturated rings. The fourth-order valence-corrected chi connectivity index (χ4v) is 10.5. The van der Waals surface area contributed by atoms with Gasteiger partial charge in [0.2, 0.25) is 5.79 Å². The summed E-state index contributed by atoms with van der Waals surface area (Å²) >= 11 is 4.32. The molecule has 0 aliphatic rings. The monoisotopic (exact) mass is 664 g/mol. The highest BCUT2D eigenvalue weighted by atomic mass is 127. The van der Waals surface area contributed by atoms with Gasteiger partial charge in [-0.05, 0) is 94.0 Å². The zero-order valence-electron chi connectivity index (χ0n) is 21.7. The maximum absolute atomic E-state index is 9.92. The molecule has 5 aromatic rings. The first-order chi connectivity index (χ1) is 19.0. The predicted molar refractivity (Wildman–Crippen MR) is 169 cm³/mol. The van der Waals surface area contributed by atoms with Gasteiger partial charge >= 0.3 is 0 Å². The van der Waals surface area contributed by atoms with E-state index in [0.717, 1.165) is 20.9 Å². The zero-order chi connectivity index (χ0) is 27.3. The molecule has 0 heterocycles. The van der Waals surface area contributed by atoms with Gasteiger partial charge in [-0.25, -0.2) is 0 Å². The average molecular weight is 665 g/mol. The second-order valence-electron chi connectivity index (χ2n) is 8.83. The topological polar surface area (TPSA) is 38.7 Å². The van der Waals surface area contributed by atoms with E-state index >= 15 is 0 Å². The second-order valence-corrected chi connectivity index (χ2v) is 16.4. The Morgan fingerprint density at radius 1 is 0.564 bits per heavy atom. The smallest absolute Gasteiger partial charge is 0.221 e. The molecule has 1 atom stereocenters. The summed E-state index contributed by atoms with van der Waals surface area (Å²) in [5.74, 6) is -0.776. The SMILES string of the molecule is COC(OC)(c1ccc(Sc2ccccc2)cc1)c1ccc(S(I)(c2ccccc2)c2ccc(O)cc2)cc1. The van der Waals surface area contributed by atoms with Crippen molar-refractivity contribution in [2.45, 2.75) is 30.3 Å². The molecule has 39 heavy (non-hydrogen) atoms. The van der Waals surface area contributed by atoms with E-state index in [2.05, 4.69) is 106 Å². The van der Waals surface area contributed by atoms with Crippen LogP contribution in [-0.4, -0.2) is 19.3 Å². The molecule has 0 radical (unpaired) electrons. The summed E-state index contributed by atoms with van der Waals surface area (Å²) in [5.41, 5.74) is 1.84. The Hall–Kier alpha value is -2.75. The van der Waals surface area contributed by atoms with Crippen LogP contribution < -0.4 is 0 Å². The van der Waals surface area contributed by atoms with Gasteiger partial charge in [-0.15, -0.1) is 7.20 Å². The van der Waals surface area contributed by atoms with Crippen LogP contribution in [0.25, 0.3) is 0 Å². The number of methoxy groups -OCH3 is 2. The lowest BCUT2D eigenvalue weighted by atomic mass is 9.97. The Kier molecular flexibility index (Phi) is 8.69. The molecule has 198 valence electrons. The summed E-state index contributed by atoms with van der Waals surface area (Å²) in [4.78, 5) is 5.94. The van der Waals surface area contributed by atoms with Crippen LogP contribution in [0.3, 0.4) is 0 Å². The third-order valence-corrected chi connectivity index (χ3v) is 14.9. The van der Waals surface area contributed by atoms with Crippen LogP contribution in [0.5, 0.6) is 5.75 Å². The maximum Gasteiger partial charge on any atom is 0.221 e. The number of aromatic hydroxyl groups is 1. The first kappa shape index (κ1) is 27.8. The molecule has 0 spiro atoms. The second kappa shape index (κ2) is 12.2. The lowest BCUT2D eigenvalue weighted by Crippen LogP contribution is -2.32. The van der Waals surface area contributed by atoms with E-state index in [1.54, 1.807) is 38.1 Å². The molecule has 6 heteroatoms. The molecule has 1 unspecified atom stereocenters. The molecular weight excluding hydrogens is 635 g/mol. The number of phenols is 1. The number of halogens is 1. The predicted octanol–water partition coefficient (Wildman–Crippen LogP) is 9.67. The van der Waals surface area contributed by atoms with Crippen molar-refractivity contribution in [1.82, 2.24) is 0 Å². The van der Waals surface area contributed by atoms with Gasteiger partial charge in [0.25, 0.3) is 0 Å². The van der Waals surface area contributed by atoms with E-state index in [0.29, 0.717) is 0 Å². The van der Waals surface area contributed by atoms with E-state index in [4.69, 9.17) is 9.47 Å². The Morgan fingerprint density at radius 2 is 0.974 bits per heavy atom. The van der Waals surface area contributed by atoms with Crippen molar-refractivity contribution in [2.75, 3.05) is 14.2 Å². The van der Waals surface area contributed by atoms with E-state index in [1.165, 1.54) is 14.7 Å². The van der Waals surface area contributed by atoms with Crippen molar-refractivity contribution in [3.63, 3.8) is 0 Å². The van der Waals surface area contributed by atoms with Crippen LogP contribution in [0.1, 0.15) is 11.1 Å². The lowest BCUT2D eigenvalue weighted by Gasteiger charge is -2.36. The van der Waals surface area contributed by atoms with E-state index < -0.39 is 13.0 Å². The standard InChI is InChI=1S/C33H29IO3S2/c1-36-33(37-2,25-13-19-29(20-14-25)38-28-9-5-3-6-10-28)26-15-21-31(22-16-26)39(34,30-11-7-4-8-12-30)32-23-17-27(35)18-24-32/h3-24,35H,1-2H3. The van der Waals surface area contributed by atoms with E-state index in [1.807, 2.05) is 36.4 Å². The first-order valence-electron chi connectivity index (χ1n) is 12.4. The highest BCUT2D eigenvalue weighted by Gasteiger charge is 2.36. The number of hydrogen-bond donors (Lipinski definition) is 1. The molecule has 1 N–H and O–H groups in total. The van der Waals surface area contributed by atoms with Crippen molar-refractivity contribution in [3.05, 3.63) is 145 Å². The molecule has 3 nitrogen and oxygen atoms in total. The van der Waals surface area contributed by atoms with Crippen molar-refractivity contribution in [3.8, 4) is 5.75 Å². The number of rotatable bonds is 9. The molecule has 0 amide bonds. The molecular formula is C33H29IO3S2. The van der Waals surface area contributed by atoms with Crippen molar-refractivity contribution < 1.29 is 14.6 Å². The fourth-order valence-electron chi connectivity index (χ4n) is 4.60. The first-order valence-corrected chi connectivity index (χ1v) is 17.4. The van der Waals surface area contributed by atoms with Gasteiger partial charge in [0.05, 0.1) is 0 Å². The molecule has 0 aliphatic heterocycles. The van der Waals surface area contributed by atoms with E-state index in [-0.39, 0.29) is 5.75 Å². The van der Waals surface area contributed by atoms with Gasteiger partial charge in [0, 0.05) is 49.8 Å². The largest absolute Gasteiger partial charge is 0.508 e. The fraction of sp³-hybridized carbons (Fsp3) is 0.0909. The molecule has 0 aliphatic carbocycles. The van der Waals surface area contributed by atoms with Gasteiger partial charge in [-0.2, -0.15) is 0 Å². The summed E-state index contributed by atoms with van der Waals surface area (Å²) in [7, 11) is 1.76. The van der Waals surface area contributed by atoms with Crippen molar-refractivity contribution >= 4 is 40.2 Å². The third-order valence-electron chi connectivity index (χ3n) is 6.58. The number of ether oxygens (including phenoxy) is 2. The summed E-state index contributed by atoms with van der Waals surface area (Å²) in [6.45, 7) is 0. The minimum atomic E-state index is -1.59. The molecule has 5 aromatic carbocycles. The highest BCUT2D eigenvalue weighted by Crippen LogP contribution is 2.74. The van der Waals surface area contributed by atoms with Crippen LogP contribution in [0.4, 0.5) is 0 Å². The van der Waals surface area contributed by atoms with Crippen LogP contribution in [0, 0.1) is 0 Å². The Bertz CT molecular complexity index is 1490. The average Bonchev–Trinajstić information content (AvgIpc) is 3.00. The van der Waals surface area contributed by atoms with Gasteiger partial charge in [-0.1, -0.05) is 72.4 Å². The van der Waals surface area contributed by atoms with Crippen LogP contribution in [0.2, 0.25) is 0 Å². The Balaban J connectivity index is 1.51. The number of benzene rings is 5. The lowest BCUT2D eigenvalue weighted by molar-refractivity contribution is -0.183. The Morgan fingerprint density at radius 3 is 1.49 bits per heavy atom. The molecule has 0 saturated carbocycles. The minimum Gasteiger partial charge on any atom is -0.508 e. The Labute approximate surface area is 248 Å². The van der Waals surface area contributed by atoms with Crippen LogP contribution >= 0.6 is 40.2 Å². The maximum atomic E-state index is 9.92. The van der Waals surface area contributed by atoms with Crippen LogP contribution in [-0.2, 0) is 15.3 Å². The van der Waals surface area contributed by atoms with Crippen molar-refractivity contribution in [2.24, 2.45) is 0 Å². The quantitative estimate of drug-likeness (QED) is 0.126. The van der Waals surface area contributed by atoms with Gasteiger partial charge in [-0.3, -0.25) is 0 Å². The minimum absolute atomic E-state index is 0.262. The highest BCUT2D eigenvalue weighted by molar-refractivity contribution is 14.2. The summed E-state index contributed by atoms with van der Waals surface area (Å²) in [6.07, 6.45) is 0. The summed E-state index contributed by atoms with van der Waals surface area (Å²) in [5, 5.41) is 9.92. The van der Waals surface area contributed by atoms with Gasteiger partial charge in [0.1, 0.15) is 5.75 Å². The molecule has 0 aromatic heterocycles. The zero-order valence-corrected chi connectivity index (χ0v) is 25.5. The van der Waals surface area contributed by atoms with Crippen LogP contribution in [0.15, 0.2) is 158 Å². The van der Waals surface area contributed by atoms with E-state index in [9.17, 15) is 5.11 Å². The van der Waals surface area contributed by atoms with Crippen molar-refractivity contribution in [1.29, 1.82) is 0 Å².